The van der Waals surface area contributed by atoms with Crippen molar-refractivity contribution in [3.8, 4) is 11.4 Å². The number of para-hydroxylation sites is 1. The highest BCUT2D eigenvalue weighted by Gasteiger charge is 2.37. The highest BCUT2D eigenvalue weighted by molar-refractivity contribution is 7.93. The average Bonchev–Trinajstić information content (AvgIpc) is 3.52. The van der Waals surface area contributed by atoms with Crippen LogP contribution in [0.1, 0.15) is 41.6 Å². The van der Waals surface area contributed by atoms with E-state index in [2.05, 4.69) is 10.1 Å². The van der Waals surface area contributed by atoms with Gasteiger partial charge in [-0.05, 0) is 56.4 Å². The number of carbonyl (C=O) groups is 1. The Morgan fingerprint density at radius 2 is 1.88 bits per heavy atom. The van der Waals surface area contributed by atoms with Crippen molar-refractivity contribution in [1.82, 2.24) is 15.0 Å². The van der Waals surface area contributed by atoms with Crippen molar-refractivity contribution in [1.29, 1.82) is 0 Å². The van der Waals surface area contributed by atoms with Crippen molar-refractivity contribution >= 4 is 21.6 Å². The lowest BCUT2D eigenvalue weighted by Gasteiger charge is -2.25. The molecular formula is C23H24N4O4S. The minimum atomic E-state index is -3.81. The molecule has 1 fully saturated rings. The molecule has 0 radical (unpaired) electrons. The molecule has 166 valence electrons. The van der Waals surface area contributed by atoms with E-state index in [1.807, 2.05) is 31.2 Å². The number of nitrogens with zero attached hydrogens (tertiary/aromatic N) is 4. The molecule has 0 unspecified atom stereocenters. The Kier molecular flexibility index (Phi) is 5.00. The van der Waals surface area contributed by atoms with Gasteiger partial charge < -0.3 is 9.42 Å². The van der Waals surface area contributed by atoms with Gasteiger partial charge in [0.15, 0.2) is 0 Å². The van der Waals surface area contributed by atoms with Gasteiger partial charge in [-0.15, -0.1) is 0 Å². The highest BCUT2D eigenvalue weighted by atomic mass is 32.2. The standard InChI is InChI=1S/C23H24N4O4S/c1-15-9-10-18(21-24-22(31-25-21)23(28)26-11-5-6-12-26)14-20(15)32(29,30)27-16(2)13-17-7-3-4-8-19(17)27/h3-4,7-10,14,16H,5-6,11-13H2,1-2H3/t16-/m0/s1. The van der Waals surface area contributed by atoms with Crippen LogP contribution < -0.4 is 4.31 Å². The molecule has 5 rings (SSSR count). The number of aryl methyl sites for hydroxylation is 1. The van der Waals surface area contributed by atoms with Crippen molar-refractivity contribution in [3.05, 3.63) is 59.5 Å². The maximum absolute atomic E-state index is 13.7. The monoisotopic (exact) mass is 452 g/mol. The Morgan fingerprint density at radius 1 is 1.12 bits per heavy atom. The fraction of sp³-hybridized carbons (Fsp3) is 0.348. The third kappa shape index (κ3) is 3.37. The van der Waals surface area contributed by atoms with Gasteiger partial charge in [0, 0.05) is 24.7 Å². The van der Waals surface area contributed by atoms with Gasteiger partial charge in [0.1, 0.15) is 0 Å². The molecule has 0 saturated carbocycles. The maximum Gasteiger partial charge on any atom is 0.316 e. The van der Waals surface area contributed by atoms with Crippen LogP contribution >= 0.6 is 0 Å². The van der Waals surface area contributed by atoms with E-state index in [1.165, 1.54) is 4.31 Å². The first kappa shape index (κ1) is 20.7. The van der Waals surface area contributed by atoms with Crippen LogP contribution in [-0.4, -0.2) is 48.5 Å². The molecule has 1 aromatic heterocycles. The highest BCUT2D eigenvalue weighted by Crippen LogP contribution is 2.38. The third-order valence-electron chi connectivity index (χ3n) is 6.13. The summed E-state index contributed by atoms with van der Waals surface area (Å²) in [5.74, 6) is -0.170. The van der Waals surface area contributed by atoms with Crippen LogP contribution in [0.25, 0.3) is 11.4 Å². The van der Waals surface area contributed by atoms with E-state index in [-0.39, 0.29) is 28.6 Å². The summed E-state index contributed by atoms with van der Waals surface area (Å²) in [6.07, 6.45) is 2.59. The van der Waals surface area contributed by atoms with E-state index in [4.69, 9.17) is 4.52 Å². The maximum atomic E-state index is 13.7. The molecule has 2 aromatic carbocycles. The predicted octanol–water partition coefficient (Wildman–Crippen LogP) is 3.42. The van der Waals surface area contributed by atoms with Gasteiger partial charge >= 0.3 is 11.8 Å². The molecule has 2 aliphatic heterocycles. The van der Waals surface area contributed by atoms with Crippen LogP contribution in [0.2, 0.25) is 0 Å². The first-order chi connectivity index (χ1) is 15.4. The van der Waals surface area contributed by atoms with Crippen molar-refractivity contribution in [2.24, 2.45) is 0 Å². The quantitative estimate of drug-likeness (QED) is 0.602. The second kappa shape index (κ2) is 7.74. The number of benzene rings is 2. The molecule has 0 bridgehead atoms. The van der Waals surface area contributed by atoms with Crippen LogP contribution in [-0.2, 0) is 16.4 Å². The number of likely N-dealkylation sites (tertiary alicyclic amines) is 1. The molecule has 3 heterocycles. The van der Waals surface area contributed by atoms with E-state index >= 15 is 0 Å². The largest absolute Gasteiger partial charge is 0.334 e. The van der Waals surface area contributed by atoms with E-state index < -0.39 is 10.0 Å². The third-order valence-corrected chi connectivity index (χ3v) is 8.20. The molecule has 8 nitrogen and oxygen atoms in total. The zero-order valence-corrected chi connectivity index (χ0v) is 18.8. The van der Waals surface area contributed by atoms with E-state index in [0.717, 1.165) is 18.4 Å². The Bertz CT molecular complexity index is 1290. The molecule has 0 N–H and O–H groups in total. The van der Waals surface area contributed by atoms with Crippen LogP contribution in [0.15, 0.2) is 51.9 Å². The van der Waals surface area contributed by atoms with Crippen molar-refractivity contribution in [2.45, 2.75) is 44.0 Å². The summed E-state index contributed by atoms with van der Waals surface area (Å²) in [7, 11) is -3.81. The molecule has 32 heavy (non-hydrogen) atoms. The number of rotatable bonds is 4. The number of hydrogen-bond acceptors (Lipinski definition) is 6. The number of amides is 1. The second-order valence-corrected chi connectivity index (χ2v) is 10.2. The van der Waals surface area contributed by atoms with Crippen molar-refractivity contribution in [2.75, 3.05) is 17.4 Å². The van der Waals surface area contributed by atoms with Crippen LogP contribution in [0, 0.1) is 6.92 Å². The zero-order chi connectivity index (χ0) is 22.5. The van der Waals surface area contributed by atoms with Crippen molar-refractivity contribution < 1.29 is 17.7 Å². The average molecular weight is 453 g/mol. The van der Waals surface area contributed by atoms with Gasteiger partial charge in [0.25, 0.3) is 10.0 Å². The van der Waals surface area contributed by atoms with Crippen LogP contribution in [0.3, 0.4) is 0 Å². The Hall–Kier alpha value is -3.20. The molecule has 0 spiro atoms. The van der Waals surface area contributed by atoms with E-state index in [9.17, 15) is 13.2 Å². The molecular weight excluding hydrogens is 428 g/mol. The molecule has 9 heteroatoms. The lowest BCUT2D eigenvalue weighted by Crippen LogP contribution is -2.36. The van der Waals surface area contributed by atoms with Gasteiger partial charge in [0.2, 0.25) is 5.82 Å². The van der Waals surface area contributed by atoms with Gasteiger partial charge in [-0.1, -0.05) is 35.5 Å². The number of sulfonamides is 1. The SMILES string of the molecule is Cc1ccc(-c2noc(C(=O)N3CCCC3)n2)cc1S(=O)(=O)N1c2ccccc2C[C@@H]1C. The number of fused-ring (bicyclic) bond motifs is 1. The van der Waals surface area contributed by atoms with E-state index in [1.54, 1.807) is 30.0 Å². The lowest BCUT2D eigenvalue weighted by atomic mass is 10.1. The molecule has 1 atom stereocenters. The first-order valence-electron chi connectivity index (χ1n) is 10.7. The number of hydrogen-bond donors (Lipinski definition) is 0. The normalized spacial score (nSPS) is 18.2. The molecule has 3 aromatic rings. The zero-order valence-electron chi connectivity index (χ0n) is 18.0. The molecule has 0 aliphatic carbocycles. The number of anilines is 1. The van der Waals surface area contributed by atoms with Gasteiger partial charge in [-0.25, -0.2) is 8.42 Å². The summed E-state index contributed by atoms with van der Waals surface area (Å²) in [6, 6.07) is 12.4. The fourth-order valence-corrected chi connectivity index (χ4v) is 6.46. The summed E-state index contributed by atoms with van der Waals surface area (Å²) < 4.78 is 34.1. The summed E-state index contributed by atoms with van der Waals surface area (Å²) >= 11 is 0. The van der Waals surface area contributed by atoms with Crippen molar-refractivity contribution in [3.63, 3.8) is 0 Å². The fourth-order valence-electron chi connectivity index (χ4n) is 4.51. The van der Waals surface area contributed by atoms with Gasteiger partial charge in [-0.3, -0.25) is 9.10 Å². The summed E-state index contributed by atoms with van der Waals surface area (Å²) in [6.45, 7) is 5.03. The summed E-state index contributed by atoms with van der Waals surface area (Å²) in [5, 5.41) is 3.94. The Labute approximate surface area is 186 Å². The summed E-state index contributed by atoms with van der Waals surface area (Å²) in [4.78, 5) is 18.7. The van der Waals surface area contributed by atoms with Crippen LogP contribution in [0.5, 0.6) is 0 Å². The smallest absolute Gasteiger partial charge is 0.316 e. The molecule has 2 aliphatic rings. The van der Waals surface area contributed by atoms with Gasteiger partial charge in [0.05, 0.1) is 10.6 Å². The minimum Gasteiger partial charge on any atom is -0.334 e. The predicted molar refractivity (Wildman–Crippen MR) is 119 cm³/mol. The lowest BCUT2D eigenvalue weighted by molar-refractivity contribution is 0.0743. The molecule has 1 saturated heterocycles. The van der Waals surface area contributed by atoms with Gasteiger partial charge in [-0.2, -0.15) is 4.98 Å². The Morgan fingerprint density at radius 3 is 2.66 bits per heavy atom. The minimum absolute atomic E-state index is 0.0750. The number of aromatic nitrogens is 2. The number of carbonyl (C=O) groups excluding carboxylic acids is 1. The second-order valence-electron chi connectivity index (χ2n) is 8.39. The van der Waals surface area contributed by atoms with E-state index in [0.29, 0.717) is 36.3 Å². The summed E-state index contributed by atoms with van der Waals surface area (Å²) in [5.41, 5.74) is 2.84. The van der Waals surface area contributed by atoms with Crippen LogP contribution in [0.4, 0.5) is 5.69 Å². The first-order valence-corrected chi connectivity index (χ1v) is 12.2. The molecule has 1 amide bonds. The Balaban J connectivity index is 1.50. The topological polar surface area (TPSA) is 96.6 Å².